The van der Waals surface area contributed by atoms with Crippen LogP contribution in [0.4, 0.5) is 5.82 Å². The van der Waals surface area contributed by atoms with Gasteiger partial charge in [-0.3, -0.25) is 0 Å². The minimum Gasteiger partial charge on any atom is -0.381 e. The summed E-state index contributed by atoms with van der Waals surface area (Å²) in [4.78, 5) is 4.21. The number of ether oxygens (including phenoxy) is 1. The summed E-state index contributed by atoms with van der Waals surface area (Å²) < 4.78 is 5.34. The van der Waals surface area contributed by atoms with Gasteiger partial charge in [-0.1, -0.05) is 0 Å². The van der Waals surface area contributed by atoms with Gasteiger partial charge in [0.2, 0.25) is 0 Å². The molecule has 0 unspecified atom stereocenters. The van der Waals surface area contributed by atoms with E-state index in [9.17, 15) is 0 Å². The monoisotopic (exact) mass is 217 g/mol. The maximum Gasteiger partial charge on any atom is 0.126 e. The Morgan fingerprint density at radius 1 is 1.44 bits per heavy atom. The smallest absolute Gasteiger partial charge is 0.126 e. The van der Waals surface area contributed by atoms with Gasteiger partial charge in [-0.05, 0) is 31.9 Å². The highest BCUT2D eigenvalue weighted by Crippen LogP contribution is 2.24. The summed E-state index contributed by atoms with van der Waals surface area (Å²) in [5.74, 6) is 0.823. The van der Waals surface area contributed by atoms with E-state index in [1.54, 1.807) is 12.3 Å². The van der Waals surface area contributed by atoms with Gasteiger partial charge in [-0.25, -0.2) is 4.98 Å². The predicted octanol–water partition coefficient (Wildman–Crippen LogP) is 1.93. The lowest BCUT2D eigenvalue weighted by atomic mass is 9.92. The Balaban J connectivity index is 2.05. The van der Waals surface area contributed by atoms with E-state index < -0.39 is 0 Å². The molecule has 1 fully saturated rings. The first-order chi connectivity index (χ1) is 7.72. The van der Waals surface area contributed by atoms with Crippen LogP contribution in [0.15, 0.2) is 18.3 Å². The SMILES string of the molecule is CC1(Nc2ccc(C#N)cn2)CCOCC1. The Morgan fingerprint density at radius 3 is 2.75 bits per heavy atom. The van der Waals surface area contributed by atoms with Crippen molar-refractivity contribution in [3.63, 3.8) is 0 Å². The van der Waals surface area contributed by atoms with Crippen molar-refractivity contribution in [3.05, 3.63) is 23.9 Å². The number of rotatable bonds is 2. The van der Waals surface area contributed by atoms with Gasteiger partial charge in [-0.2, -0.15) is 5.26 Å². The zero-order chi connectivity index (χ0) is 11.4. The highest BCUT2D eigenvalue weighted by atomic mass is 16.5. The van der Waals surface area contributed by atoms with Crippen LogP contribution in [0.25, 0.3) is 0 Å². The number of aromatic nitrogens is 1. The Hall–Kier alpha value is -1.60. The van der Waals surface area contributed by atoms with E-state index in [-0.39, 0.29) is 5.54 Å². The molecule has 16 heavy (non-hydrogen) atoms. The van der Waals surface area contributed by atoms with Crippen molar-refractivity contribution >= 4 is 5.82 Å². The van der Waals surface area contributed by atoms with Crippen molar-refractivity contribution in [1.82, 2.24) is 4.98 Å². The molecule has 1 aliphatic rings. The first kappa shape index (κ1) is 10.9. The molecule has 84 valence electrons. The Labute approximate surface area is 95.3 Å². The average Bonchev–Trinajstić information content (AvgIpc) is 2.30. The summed E-state index contributed by atoms with van der Waals surface area (Å²) in [6.45, 7) is 3.76. The van der Waals surface area contributed by atoms with Crippen LogP contribution < -0.4 is 5.32 Å². The van der Waals surface area contributed by atoms with Crippen molar-refractivity contribution in [2.75, 3.05) is 18.5 Å². The van der Waals surface area contributed by atoms with Crippen LogP contribution in [-0.2, 0) is 4.74 Å². The molecule has 1 saturated heterocycles. The van der Waals surface area contributed by atoms with Crippen molar-refractivity contribution in [1.29, 1.82) is 5.26 Å². The fourth-order valence-electron chi connectivity index (χ4n) is 1.79. The molecule has 0 aliphatic carbocycles. The number of nitriles is 1. The second-order valence-electron chi connectivity index (χ2n) is 4.34. The van der Waals surface area contributed by atoms with Crippen LogP contribution in [0.3, 0.4) is 0 Å². The highest BCUT2D eigenvalue weighted by Gasteiger charge is 2.27. The third-order valence-electron chi connectivity index (χ3n) is 2.92. The molecule has 0 atom stereocenters. The molecule has 1 aliphatic heterocycles. The summed E-state index contributed by atoms with van der Waals surface area (Å²) in [6.07, 6.45) is 3.55. The molecule has 2 heterocycles. The van der Waals surface area contributed by atoms with E-state index >= 15 is 0 Å². The van der Waals surface area contributed by atoms with E-state index in [1.165, 1.54) is 0 Å². The van der Waals surface area contributed by atoms with Gasteiger partial charge in [-0.15, -0.1) is 0 Å². The van der Waals surface area contributed by atoms with Gasteiger partial charge < -0.3 is 10.1 Å². The molecule has 1 N–H and O–H groups in total. The van der Waals surface area contributed by atoms with Gasteiger partial charge in [0.1, 0.15) is 11.9 Å². The van der Waals surface area contributed by atoms with E-state index in [0.717, 1.165) is 31.9 Å². The quantitative estimate of drug-likeness (QED) is 0.822. The summed E-state index contributed by atoms with van der Waals surface area (Å²) in [5, 5.41) is 12.1. The maximum atomic E-state index is 8.67. The maximum absolute atomic E-state index is 8.67. The minimum absolute atomic E-state index is 0.0550. The van der Waals surface area contributed by atoms with Crippen LogP contribution in [0.1, 0.15) is 25.3 Å². The minimum atomic E-state index is 0.0550. The van der Waals surface area contributed by atoms with E-state index in [2.05, 4.69) is 23.3 Å². The molecule has 1 aromatic heterocycles. The summed E-state index contributed by atoms with van der Waals surface area (Å²) in [5.41, 5.74) is 0.641. The van der Waals surface area contributed by atoms with Gasteiger partial charge in [0.25, 0.3) is 0 Å². The third kappa shape index (κ3) is 2.50. The molecule has 0 saturated carbocycles. The molecular formula is C12H15N3O. The Kier molecular flexibility index (Phi) is 3.07. The lowest BCUT2D eigenvalue weighted by Gasteiger charge is -2.34. The lowest BCUT2D eigenvalue weighted by Crippen LogP contribution is -2.40. The van der Waals surface area contributed by atoms with E-state index in [4.69, 9.17) is 10.00 Å². The molecule has 0 radical (unpaired) electrons. The topological polar surface area (TPSA) is 57.9 Å². The van der Waals surface area contributed by atoms with Crippen LogP contribution in [0, 0.1) is 11.3 Å². The molecule has 0 bridgehead atoms. The van der Waals surface area contributed by atoms with Crippen molar-refractivity contribution in [3.8, 4) is 6.07 Å². The third-order valence-corrected chi connectivity index (χ3v) is 2.92. The number of pyridine rings is 1. The molecular weight excluding hydrogens is 202 g/mol. The summed E-state index contributed by atoms with van der Waals surface area (Å²) in [6, 6.07) is 5.68. The van der Waals surface area contributed by atoms with Crippen molar-refractivity contribution < 1.29 is 4.74 Å². The standard InChI is InChI=1S/C12H15N3O/c1-12(4-6-16-7-5-12)15-11-3-2-10(8-13)9-14-11/h2-3,9H,4-7H2,1H3,(H,14,15). The molecule has 0 spiro atoms. The van der Waals surface area contributed by atoms with Gasteiger partial charge >= 0.3 is 0 Å². The normalized spacial score (nSPS) is 18.8. The Morgan fingerprint density at radius 2 is 2.19 bits per heavy atom. The van der Waals surface area contributed by atoms with Crippen molar-refractivity contribution in [2.24, 2.45) is 0 Å². The fourth-order valence-corrected chi connectivity index (χ4v) is 1.79. The fraction of sp³-hybridized carbons (Fsp3) is 0.500. The van der Waals surface area contributed by atoms with Crippen LogP contribution in [-0.4, -0.2) is 23.7 Å². The Bertz CT molecular complexity index is 388. The van der Waals surface area contributed by atoms with Gasteiger partial charge in [0.05, 0.1) is 5.56 Å². The van der Waals surface area contributed by atoms with Crippen molar-refractivity contribution in [2.45, 2.75) is 25.3 Å². The number of hydrogen-bond donors (Lipinski definition) is 1. The second kappa shape index (κ2) is 4.50. The summed E-state index contributed by atoms with van der Waals surface area (Å²) >= 11 is 0. The first-order valence-electron chi connectivity index (χ1n) is 5.44. The molecule has 4 heteroatoms. The van der Waals surface area contributed by atoms with E-state index in [0.29, 0.717) is 5.56 Å². The predicted molar refractivity (Wildman–Crippen MR) is 61.0 cm³/mol. The van der Waals surface area contributed by atoms with E-state index in [1.807, 2.05) is 6.07 Å². The second-order valence-corrected chi connectivity index (χ2v) is 4.34. The number of hydrogen-bond acceptors (Lipinski definition) is 4. The first-order valence-corrected chi connectivity index (χ1v) is 5.44. The van der Waals surface area contributed by atoms with Crippen LogP contribution >= 0.6 is 0 Å². The molecule has 0 aromatic carbocycles. The number of nitrogens with zero attached hydrogens (tertiary/aromatic N) is 2. The molecule has 0 amide bonds. The largest absolute Gasteiger partial charge is 0.381 e. The number of anilines is 1. The zero-order valence-corrected chi connectivity index (χ0v) is 9.36. The van der Waals surface area contributed by atoms with Gasteiger partial charge in [0, 0.05) is 24.9 Å². The molecule has 2 rings (SSSR count). The molecule has 1 aromatic rings. The average molecular weight is 217 g/mol. The van der Waals surface area contributed by atoms with Crippen LogP contribution in [0.5, 0.6) is 0 Å². The number of nitrogens with one attached hydrogen (secondary N) is 1. The lowest BCUT2D eigenvalue weighted by molar-refractivity contribution is 0.0657. The van der Waals surface area contributed by atoms with Gasteiger partial charge in [0.15, 0.2) is 0 Å². The zero-order valence-electron chi connectivity index (χ0n) is 9.36. The highest BCUT2D eigenvalue weighted by molar-refractivity contribution is 5.41. The summed E-state index contributed by atoms with van der Waals surface area (Å²) in [7, 11) is 0. The molecule has 4 nitrogen and oxygen atoms in total. The van der Waals surface area contributed by atoms with Crippen LogP contribution in [0.2, 0.25) is 0 Å².